The fourth-order valence-corrected chi connectivity index (χ4v) is 6.89. The molecule has 0 spiro atoms. The van der Waals surface area contributed by atoms with E-state index in [1.807, 2.05) is 28.9 Å². The Balaban J connectivity index is 1.16. The molecule has 1 fully saturated rings. The van der Waals surface area contributed by atoms with Gasteiger partial charge in [0.1, 0.15) is 23.2 Å². The summed E-state index contributed by atoms with van der Waals surface area (Å²) in [7, 11) is 0. The molecule has 2 unspecified atom stereocenters. The van der Waals surface area contributed by atoms with Crippen LogP contribution in [0.5, 0.6) is 0 Å². The number of hydrogen-bond donors (Lipinski definition) is 4. The lowest BCUT2D eigenvalue weighted by molar-refractivity contribution is -0.689. The lowest BCUT2D eigenvalue weighted by Crippen LogP contribution is -2.71. The number of aromatic nitrogens is 7. The number of hydrogen-bond acceptors (Lipinski definition) is 14. The van der Waals surface area contributed by atoms with Gasteiger partial charge in [-0.3, -0.25) is 14.5 Å². The van der Waals surface area contributed by atoms with Crippen LogP contribution in [0.4, 0.5) is 5.13 Å². The van der Waals surface area contributed by atoms with Crippen LogP contribution >= 0.6 is 35.1 Å². The standard InChI is InChI=1S/C23H21N11O5S3/c24-22-26-17(30-42-22)14(29-39-12-3-1-2-4-12)18(35)25-15-19(36)34-16(21(37)38)11(10-40-20(15)34)9-33-7-5-13(6-8-33)41-23-27-31-32-28-23/h1,3,5-8,12,15,20H,2,4,9-10H2,(H4-,24,25,26,27,28,30,31,32,35,37,38)/p+1/t12?,15?,20-/m1/s1. The zero-order chi connectivity index (χ0) is 29.2. The Morgan fingerprint density at radius 3 is 2.86 bits per heavy atom. The van der Waals surface area contributed by atoms with Crippen molar-refractivity contribution in [2.45, 2.75) is 47.0 Å². The van der Waals surface area contributed by atoms with Gasteiger partial charge in [0.25, 0.3) is 11.8 Å². The molecule has 3 aromatic heterocycles. The predicted octanol–water partition coefficient (Wildman–Crippen LogP) is -0.0498. The number of nitrogen functional groups attached to an aromatic ring is 1. The quantitative estimate of drug-likeness (QED) is 0.0762. The molecule has 16 nitrogen and oxygen atoms in total. The van der Waals surface area contributed by atoms with Gasteiger partial charge in [0.05, 0.1) is 0 Å². The number of fused-ring (bicyclic) bond motifs is 1. The molecule has 0 saturated carbocycles. The van der Waals surface area contributed by atoms with Gasteiger partial charge < -0.3 is 21.0 Å². The van der Waals surface area contributed by atoms with Gasteiger partial charge in [-0.2, -0.15) is 14.6 Å². The maximum atomic E-state index is 13.2. The number of carboxylic acids is 1. The zero-order valence-electron chi connectivity index (χ0n) is 21.5. The smallest absolute Gasteiger partial charge is 0.352 e. The first kappa shape index (κ1) is 27.8. The lowest BCUT2D eigenvalue weighted by Gasteiger charge is -2.49. The molecule has 6 rings (SSSR count). The summed E-state index contributed by atoms with van der Waals surface area (Å²) in [6.45, 7) is 0.260. The molecule has 2 amide bonds. The fourth-order valence-electron chi connectivity index (χ4n) is 4.48. The Kier molecular flexibility index (Phi) is 7.85. The van der Waals surface area contributed by atoms with Crippen molar-refractivity contribution < 1.29 is 28.9 Å². The minimum absolute atomic E-state index is 0.0240. The second-order valence-electron chi connectivity index (χ2n) is 9.17. The van der Waals surface area contributed by atoms with E-state index in [0.29, 0.717) is 22.9 Å². The molecule has 19 heteroatoms. The van der Waals surface area contributed by atoms with Crippen LogP contribution in [0.2, 0.25) is 0 Å². The monoisotopic (exact) mass is 628 g/mol. The number of nitrogens with one attached hydrogen (secondary N) is 2. The molecular weight excluding hydrogens is 607 g/mol. The molecule has 42 heavy (non-hydrogen) atoms. The highest BCUT2D eigenvalue weighted by atomic mass is 32.2. The number of aliphatic carboxylic acids is 1. The second-order valence-corrected chi connectivity index (χ2v) is 12.1. The number of nitrogens with zero attached hydrogens (tertiary/aromatic N) is 8. The minimum Gasteiger partial charge on any atom is -0.477 e. The van der Waals surface area contributed by atoms with Crippen molar-refractivity contribution in [2.75, 3.05) is 11.5 Å². The summed E-state index contributed by atoms with van der Waals surface area (Å²) in [5.74, 6) is -2.17. The van der Waals surface area contributed by atoms with E-state index < -0.39 is 29.2 Å². The molecule has 0 bridgehead atoms. The summed E-state index contributed by atoms with van der Waals surface area (Å²) in [6, 6.07) is 2.72. The number of nitrogens with two attached hydrogens (primary N) is 1. The number of amides is 2. The minimum atomic E-state index is -1.22. The van der Waals surface area contributed by atoms with Crippen LogP contribution in [0.3, 0.4) is 0 Å². The Morgan fingerprint density at radius 2 is 2.19 bits per heavy atom. The summed E-state index contributed by atoms with van der Waals surface area (Å²) >= 11 is 3.58. The molecule has 5 N–H and O–H groups in total. The number of aromatic amines is 1. The van der Waals surface area contributed by atoms with Gasteiger partial charge in [-0.25, -0.2) is 9.36 Å². The van der Waals surface area contributed by atoms with E-state index in [9.17, 15) is 19.5 Å². The summed E-state index contributed by atoms with van der Waals surface area (Å²) in [5, 5.41) is 30.4. The number of carboxylic acid groups (broad SMARTS) is 1. The number of rotatable bonds is 10. The maximum absolute atomic E-state index is 13.2. The molecule has 5 heterocycles. The average molecular weight is 629 g/mol. The van der Waals surface area contributed by atoms with Crippen LogP contribution in [0.1, 0.15) is 18.7 Å². The summed E-state index contributed by atoms with van der Waals surface area (Å²) < 4.78 is 5.88. The molecule has 1 aliphatic carbocycles. The van der Waals surface area contributed by atoms with Gasteiger partial charge in [0, 0.05) is 39.9 Å². The first-order valence-electron chi connectivity index (χ1n) is 12.5. The van der Waals surface area contributed by atoms with Crippen LogP contribution in [-0.2, 0) is 25.8 Å². The highest BCUT2D eigenvalue weighted by Crippen LogP contribution is 2.40. The van der Waals surface area contributed by atoms with E-state index in [1.54, 1.807) is 12.4 Å². The Hall–Kier alpha value is -4.36. The van der Waals surface area contributed by atoms with Gasteiger partial charge in [-0.05, 0) is 35.9 Å². The number of anilines is 1. The molecular formula is C23H22N11O5S3+. The average Bonchev–Trinajstić information content (AvgIpc) is 3.77. The topological polar surface area (TPSA) is 218 Å². The van der Waals surface area contributed by atoms with E-state index in [4.69, 9.17) is 10.6 Å². The number of β-lactam (4-membered cyclic amide) rings is 1. The Bertz CT molecular complexity index is 1610. The van der Waals surface area contributed by atoms with Crippen molar-refractivity contribution in [3.05, 3.63) is 53.8 Å². The first-order chi connectivity index (χ1) is 20.4. The van der Waals surface area contributed by atoms with Gasteiger partial charge in [-0.15, -0.1) is 22.0 Å². The van der Waals surface area contributed by atoms with Crippen molar-refractivity contribution in [3.8, 4) is 0 Å². The first-order valence-corrected chi connectivity index (χ1v) is 15.1. The van der Waals surface area contributed by atoms with E-state index in [0.717, 1.165) is 22.8 Å². The number of carbonyl (C=O) groups excluding carboxylic acids is 2. The predicted molar refractivity (Wildman–Crippen MR) is 149 cm³/mol. The van der Waals surface area contributed by atoms with E-state index in [-0.39, 0.29) is 35.0 Å². The number of thioether (sulfide) groups is 1. The van der Waals surface area contributed by atoms with Crippen molar-refractivity contribution in [3.63, 3.8) is 0 Å². The fraction of sp³-hybridized carbons (Fsp3) is 0.304. The molecule has 3 aromatic rings. The van der Waals surface area contributed by atoms with Crippen LogP contribution < -0.4 is 15.6 Å². The van der Waals surface area contributed by atoms with Crippen LogP contribution in [0, 0.1) is 0 Å². The van der Waals surface area contributed by atoms with Gasteiger partial charge in [-0.1, -0.05) is 11.2 Å². The number of pyridine rings is 1. The third kappa shape index (κ3) is 5.70. The summed E-state index contributed by atoms with van der Waals surface area (Å²) in [6.07, 6.45) is 8.65. The molecule has 0 aromatic carbocycles. The van der Waals surface area contributed by atoms with Crippen LogP contribution in [0.25, 0.3) is 0 Å². The van der Waals surface area contributed by atoms with Crippen molar-refractivity contribution in [1.29, 1.82) is 0 Å². The van der Waals surface area contributed by atoms with E-state index >= 15 is 0 Å². The third-order valence-corrected chi connectivity index (χ3v) is 9.17. The molecule has 1 saturated heterocycles. The Labute approximate surface area is 249 Å². The highest BCUT2D eigenvalue weighted by Gasteiger charge is 2.55. The van der Waals surface area contributed by atoms with E-state index in [2.05, 4.69) is 40.5 Å². The Morgan fingerprint density at radius 1 is 1.36 bits per heavy atom. The number of carbonyl (C=O) groups is 3. The van der Waals surface area contributed by atoms with Crippen LogP contribution in [0.15, 0.2) is 63.2 Å². The number of allylic oxidation sites excluding steroid dienone is 1. The van der Waals surface area contributed by atoms with Crippen molar-refractivity contribution in [2.24, 2.45) is 5.16 Å². The van der Waals surface area contributed by atoms with E-state index in [1.165, 1.54) is 28.4 Å². The lowest BCUT2D eigenvalue weighted by atomic mass is 10.0. The maximum Gasteiger partial charge on any atom is 0.352 e. The normalized spacial score (nSPS) is 21.7. The van der Waals surface area contributed by atoms with Crippen molar-refractivity contribution >= 4 is 63.7 Å². The molecule has 0 radical (unpaired) electrons. The summed E-state index contributed by atoms with van der Waals surface area (Å²) in [5.41, 5.74) is 5.95. The highest BCUT2D eigenvalue weighted by molar-refractivity contribution is 8.00. The molecule has 2 aliphatic heterocycles. The molecule has 3 atom stereocenters. The zero-order valence-corrected chi connectivity index (χ0v) is 23.9. The second kappa shape index (κ2) is 11.9. The van der Waals surface area contributed by atoms with Gasteiger partial charge in [0.2, 0.25) is 16.7 Å². The van der Waals surface area contributed by atoms with Crippen molar-refractivity contribution in [1.82, 2.24) is 40.2 Å². The number of oxime groups is 1. The third-order valence-electron chi connectivity index (χ3n) is 6.42. The largest absolute Gasteiger partial charge is 0.477 e. The number of tetrazole rings is 1. The molecule has 216 valence electrons. The summed E-state index contributed by atoms with van der Waals surface area (Å²) in [4.78, 5) is 50.4. The van der Waals surface area contributed by atoms with Gasteiger partial charge in [0.15, 0.2) is 24.1 Å². The number of H-pyrrole nitrogens is 1. The molecule has 3 aliphatic rings. The SMILES string of the molecule is Nc1nc(C(=NOC2C=CCC2)C(=O)NC2C(=O)N3C(C(=O)O)=C(C[n+]4ccc(Sc5nn[nH]n5)cc4)CS[C@H]23)ns1. The van der Waals surface area contributed by atoms with Crippen LogP contribution in [-0.4, -0.2) is 86.8 Å². The van der Waals surface area contributed by atoms with Gasteiger partial charge >= 0.3 is 5.97 Å².